The van der Waals surface area contributed by atoms with Gasteiger partial charge in [-0.1, -0.05) is 6.07 Å². The number of phenolic OH excluding ortho intramolecular Hbond substituents is 1. The molecule has 1 aromatic rings. The maximum atomic E-state index is 12.8. The van der Waals surface area contributed by atoms with E-state index >= 15 is 0 Å². The normalized spacial score (nSPS) is 28.5. The van der Waals surface area contributed by atoms with E-state index in [2.05, 4.69) is 4.90 Å². The number of nitrogens with zero attached hydrogens (tertiary/aromatic N) is 1. The molecule has 1 spiro atoms. The van der Waals surface area contributed by atoms with Gasteiger partial charge >= 0.3 is 30.1 Å². The smallest absolute Gasteiger partial charge is 0.490 e. The summed E-state index contributed by atoms with van der Waals surface area (Å²) >= 11 is 0. The Morgan fingerprint density at radius 3 is 2.45 bits per heavy atom. The van der Waals surface area contributed by atoms with Crippen molar-refractivity contribution < 1.29 is 67.0 Å². The maximum absolute atomic E-state index is 12.8. The Balaban J connectivity index is 0.000000517. The van der Waals surface area contributed by atoms with Crippen molar-refractivity contribution in [2.24, 2.45) is 5.73 Å². The van der Waals surface area contributed by atoms with Crippen LogP contribution in [-0.4, -0.2) is 98.9 Å². The van der Waals surface area contributed by atoms with E-state index in [-0.39, 0.29) is 29.7 Å². The highest BCUT2D eigenvalue weighted by Gasteiger charge is 2.72. The third-order valence-electron chi connectivity index (χ3n) is 8.14. The molecule has 5 rings (SSSR count). The van der Waals surface area contributed by atoms with Crippen LogP contribution >= 0.6 is 0 Å². The summed E-state index contributed by atoms with van der Waals surface area (Å²) in [5, 5.41) is 38.5. The summed E-state index contributed by atoms with van der Waals surface area (Å²) in [4.78, 5) is 46.6. The van der Waals surface area contributed by atoms with E-state index in [1.807, 2.05) is 13.1 Å². The lowest BCUT2D eigenvalue weighted by atomic mass is 9.50. The first-order valence-electron chi connectivity index (χ1n) is 12.8. The van der Waals surface area contributed by atoms with Crippen LogP contribution in [0.25, 0.3) is 0 Å². The number of carbonyl (C=O) groups excluding carboxylic acids is 2. The van der Waals surface area contributed by atoms with Gasteiger partial charge in [0, 0.05) is 18.0 Å². The molecular formula is C26H29F3N2O11. The number of aliphatic hydroxyl groups is 1. The molecule has 1 aromatic carbocycles. The number of aromatic hydroxyl groups is 1. The average molecular weight is 603 g/mol. The molecule has 0 radical (unpaired) electrons. The molecule has 1 saturated heterocycles. The van der Waals surface area contributed by atoms with Crippen LogP contribution in [0, 0.1) is 0 Å². The number of nitrogens with two attached hydrogens (primary N) is 1. The number of piperidine rings is 1. The first-order valence-corrected chi connectivity index (χ1v) is 12.8. The van der Waals surface area contributed by atoms with Crippen LogP contribution in [0.5, 0.6) is 11.5 Å². The molecule has 6 atom stereocenters. The standard InChI is InChI=1S/C24H28N2O9.C2HF3O2/c1-11(33-22(31)13(25)10-17(28)29)21(30)34-15-5-6-24(32)16-9-12-3-4-14(27)19-18(12)23(24,20(15)35-19)7-8-26(16)2;3-2(4,5)1(6)7/h3-5,11,13,16,20,27,32H,6-10,25H2,1-2H3,(H,28,29);(H,6,7)/t11-,13-,16+,20-,23-,24+;/m0./s1. The van der Waals surface area contributed by atoms with Gasteiger partial charge in [-0.25, -0.2) is 9.59 Å². The fourth-order valence-corrected chi connectivity index (χ4v) is 6.22. The summed E-state index contributed by atoms with van der Waals surface area (Å²) in [7, 11) is 1.97. The lowest BCUT2D eigenvalue weighted by Gasteiger charge is -2.61. The number of esters is 2. The number of likely N-dealkylation sites (tertiary alicyclic amines) is 1. The number of rotatable bonds is 6. The number of hydrogen-bond donors (Lipinski definition) is 5. The number of benzene rings is 1. The molecule has 2 bridgehead atoms. The molecule has 230 valence electrons. The zero-order valence-corrected chi connectivity index (χ0v) is 22.4. The summed E-state index contributed by atoms with van der Waals surface area (Å²) in [6.07, 6.45) is -4.99. The highest BCUT2D eigenvalue weighted by molar-refractivity contribution is 5.85. The van der Waals surface area contributed by atoms with Gasteiger partial charge in [-0.3, -0.25) is 9.59 Å². The van der Waals surface area contributed by atoms with Gasteiger partial charge in [0.05, 0.1) is 17.4 Å². The number of likely N-dealkylation sites (N-methyl/N-ethyl adjacent to an activating group) is 1. The van der Waals surface area contributed by atoms with Gasteiger partial charge in [0.25, 0.3) is 0 Å². The molecule has 42 heavy (non-hydrogen) atoms. The number of carbonyl (C=O) groups is 4. The Bertz CT molecular complexity index is 1350. The Hall–Kier alpha value is -3.89. The van der Waals surface area contributed by atoms with Crippen molar-refractivity contribution in [3.05, 3.63) is 35.1 Å². The summed E-state index contributed by atoms with van der Waals surface area (Å²) in [6, 6.07) is 1.81. The number of carboxylic acid groups (broad SMARTS) is 2. The molecule has 1 fully saturated rings. The first-order chi connectivity index (χ1) is 19.4. The Labute approximate surface area is 236 Å². The van der Waals surface area contributed by atoms with Crippen LogP contribution in [0.2, 0.25) is 0 Å². The lowest BCUT2D eigenvalue weighted by molar-refractivity contribution is -0.192. The molecule has 16 heteroatoms. The van der Waals surface area contributed by atoms with Gasteiger partial charge in [-0.05, 0) is 51.1 Å². The van der Waals surface area contributed by atoms with E-state index in [0.29, 0.717) is 19.4 Å². The first kappa shape index (κ1) is 31.1. The molecule has 0 unspecified atom stereocenters. The fraction of sp³-hybridized carbons (Fsp3) is 0.538. The highest BCUT2D eigenvalue weighted by Crippen LogP contribution is 2.65. The monoisotopic (exact) mass is 602 g/mol. The van der Waals surface area contributed by atoms with E-state index in [1.165, 1.54) is 6.92 Å². The third kappa shape index (κ3) is 5.03. The molecule has 0 amide bonds. The van der Waals surface area contributed by atoms with E-state index in [9.17, 15) is 37.8 Å². The largest absolute Gasteiger partial charge is 0.504 e. The number of halogens is 3. The number of hydrogen-bond acceptors (Lipinski definition) is 11. The van der Waals surface area contributed by atoms with E-state index < -0.39 is 65.7 Å². The maximum Gasteiger partial charge on any atom is 0.490 e. The van der Waals surface area contributed by atoms with Crippen molar-refractivity contribution in [1.29, 1.82) is 0 Å². The van der Waals surface area contributed by atoms with Gasteiger partial charge in [0.15, 0.2) is 23.7 Å². The van der Waals surface area contributed by atoms with Gasteiger partial charge in [0.1, 0.15) is 11.8 Å². The number of alkyl halides is 3. The van der Waals surface area contributed by atoms with E-state index in [4.69, 9.17) is 35.0 Å². The van der Waals surface area contributed by atoms with Crippen LogP contribution in [0.15, 0.2) is 24.0 Å². The minimum Gasteiger partial charge on any atom is -0.504 e. The number of aliphatic carboxylic acids is 2. The average Bonchev–Trinajstić information content (AvgIpc) is 3.24. The van der Waals surface area contributed by atoms with Crippen LogP contribution in [0.4, 0.5) is 13.2 Å². The van der Waals surface area contributed by atoms with E-state index in [1.54, 1.807) is 12.1 Å². The molecule has 6 N–H and O–H groups in total. The molecular weight excluding hydrogens is 573 g/mol. The van der Waals surface area contributed by atoms with Gasteiger partial charge in [-0.15, -0.1) is 0 Å². The minimum absolute atomic E-state index is 0.0485. The van der Waals surface area contributed by atoms with Crippen LogP contribution < -0.4 is 10.5 Å². The van der Waals surface area contributed by atoms with Gasteiger partial charge in [-0.2, -0.15) is 13.2 Å². The predicted molar refractivity (Wildman–Crippen MR) is 132 cm³/mol. The van der Waals surface area contributed by atoms with Crippen LogP contribution in [-0.2, 0) is 40.5 Å². The number of ether oxygens (including phenoxy) is 3. The Kier molecular flexibility index (Phi) is 7.94. The summed E-state index contributed by atoms with van der Waals surface area (Å²) in [5.41, 5.74) is 5.12. The molecule has 4 aliphatic rings. The summed E-state index contributed by atoms with van der Waals surface area (Å²) in [6.45, 7) is 1.98. The number of carboxylic acids is 2. The molecule has 2 aliphatic carbocycles. The second-order valence-electron chi connectivity index (χ2n) is 10.6. The van der Waals surface area contributed by atoms with Crippen molar-refractivity contribution in [2.75, 3.05) is 13.6 Å². The lowest BCUT2D eigenvalue weighted by Crippen LogP contribution is -2.74. The van der Waals surface area contributed by atoms with Crippen molar-refractivity contribution in [2.45, 2.75) is 74.1 Å². The SMILES string of the molecule is C[C@H](OC(=O)[C@@H](N)CC(=O)O)C(=O)OC1=CC[C@@]2(O)[C@H]3Cc4ccc(O)c5c4[C@@]2(CCN3C)[C@H]1O5.O=C(O)C(F)(F)F. The minimum atomic E-state index is -5.08. The predicted octanol–water partition coefficient (Wildman–Crippen LogP) is 0.580. The number of phenols is 1. The summed E-state index contributed by atoms with van der Waals surface area (Å²) in [5.74, 6) is -5.54. The quantitative estimate of drug-likeness (QED) is 0.283. The van der Waals surface area contributed by atoms with Crippen LogP contribution in [0.3, 0.4) is 0 Å². The fourth-order valence-electron chi connectivity index (χ4n) is 6.22. The zero-order valence-electron chi connectivity index (χ0n) is 22.4. The zero-order chi connectivity index (χ0) is 31.4. The van der Waals surface area contributed by atoms with Gasteiger partial charge in [0.2, 0.25) is 0 Å². The molecule has 13 nitrogen and oxygen atoms in total. The Morgan fingerprint density at radius 2 is 1.86 bits per heavy atom. The second kappa shape index (κ2) is 10.7. The summed E-state index contributed by atoms with van der Waals surface area (Å²) < 4.78 is 48.6. The van der Waals surface area contributed by atoms with Gasteiger partial charge < -0.3 is 45.3 Å². The van der Waals surface area contributed by atoms with Crippen molar-refractivity contribution in [3.63, 3.8) is 0 Å². The van der Waals surface area contributed by atoms with Crippen LogP contribution in [0.1, 0.15) is 37.3 Å². The molecule has 2 aliphatic heterocycles. The Morgan fingerprint density at radius 1 is 1.21 bits per heavy atom. The van der Waals surface area contributed by atoms with Crippen molar-refractivity contribution in [1.82, 2.24) is 4.90 Å². The molecule has 0 saturated carbocycles. The second-order valence-corrected chi connectivity index (χ2v) is 10.6. The highest BCUT2D eigenvalue weighted by atomic mass is 19.4. The topological polar surface area (TPSA) is 206 Å². The van der Waals surface area contributed by atoms with Crippen molar-refractivity contribution in [3.8, 4) is 11.5 Å². The molecule has 0 aromatic heterocycles. The molecule has 2 heterocycles. The van der Waals surface area contributed by atoms with E-state index in [0.717, 1.165) is 11.1 Å². The third-order valence-corrected chi connectivity index (χ3v) is 8.14. The van der Waals surface area contributed by atoms with Crippen molar-refractivity contribution >= 4 is 23.9 Å².